The van der Waals surface area contributed by atoms with Crippen molar-refractivity contribution < 1.29 is 65.8 Å². The zero-order valence-corrected chi connectivity index (χ0v) is 31.3. The number of carbonyl (C=O) groups excluding carboxylic acids is 3. The van der Waals surface area contributed by atoms with Gasteiger partial charge in [-0.2, -0.15) is 10.3 Å². The van der Waals surface area contributed by atoms with Crippen LogP contribution in [0.15, 0.2) is 48.8 Å². The smallest absolute Gasteiger partial charge is 0.468 e. The van der Waals surface area contributed by atoms with Gasteiger partial charge in [0.05, 0.1) is 24.6 Å². The first-order valence-electron chi connectivity index (χ1n) is 16.0. The Balaban J connectivity index is 1.88. The van der Waals surface area contributed by atoms with E-state index >= 15 is 0 Å². The number of esters is 3. The van der Waals surface area contributed by atoms with Crippen LogP contribution in [0.25, 0.3) is 5.52 Å². The molecule has 20 nitrogen and oxygen atoms in total. The lowest BCUT2D eigenvalue weighted by Gasteiger charge is -2.31. The summed E-state index contributed by atoms with van der Waals surface area (Å²) in [5.74, 6) is -3.92. The van der Waals surface area contributed by atoms with E-state index < -0.39 is 88.6 Å². The zero-order valence-electron chi connectivity index (χ0n) is 29.5. The van der Waals surface area contributed by atoms with Crippen LogP contribution in [0.4, 0.5) is 0 Å². The summed E-state index contributed by atoms with van der Waals surface area (Å²) in [5.41, 5.74) is -2.62. The Labute approximate surface area is 303 Å². The monoisotopic (exact) mass is 782 g/mol. The number of phosphoric ester groups is 1. The number of nitrogens with zero attached hydrogens (tertiary/aromatic N) is 4. The summed E-state index contributed by atoms with van der Waals surface area (Å²) in [5, 5.41) is 21.6. The summed E-state index contributed by atoms with van der Waals surface area (Å²) >= 11 is 0. The van der Waals surface area contributed by atoms with E-state index in [1.54, 1.807) is 18.2 Å². The van der Waals surface area contributed by atoms with E-state index in [0.717, 1.165) is 18.1 Å². The molecule has 0 unspecified atom stereocenters. The Hall–Kier alpha value is -4.44. The van der Waals surface area contributed by atoms with Gasteiger partial charge in [-0.25, -0.2) is 23.3 Å². The molecule has 53 heavy (non-hydrogen) atoms. The van der Waals surface area contributed by atoms with Gasteiger partial charge in [0.2, 0.25) is 5.60 Å². The van der Waals surface area contributed by atoms with Crippen LogP contribution in [0.3, 0.4) is 0 Å². The van der Waals surface area contributed by atoms with E-state index in [4.69, 9.17) is 33.4 Å². The number of hydrogen-bond donors (Lipinski definition) is 4. The van der Waals surface area contributed by atoms with Crippen molar-refractivity contribution in [2.24, 2.45) is 11.8 Å². The largest absolute Gasteiger partial charge is 0.471 e. The van der Waals surface area contributed by atoms with E-state index in [2.05, 4.69) is 14.6 Å². The zero-order chi connectivity index (χ0) is 39.3. The van der Waals surface area contributed by atoms with Crippen LogP contribution in [0.5, 0.6) is 5.75 Å². The van der Waals surface area contributed by atoms with Crippen LogP contribution in [0, 0.1) is 28.6 Å². The highest BCUT2D eigenvalue weighted by Crippen LogP contribution is 2.50. The number of nitrogens with one attached hydrogen (secondary N) is 2. The average Bonchev–Trinajstić information content (AvgIpc) is 3.67. The molecular weight excluding hydrogens is 742 g/mol. The minimum atomic E-state index is -5.01. The summed E-state index contributed by atoms with van der Waals surface area (Å²) in [6.07, 6.45) is -3.89. The third-order valence-corrected chi connectivity index (χ3v) is 9.77. The van der Waals surface area contributed by atoms with Crippen LogP contribution < -0.4 is 15.1 Å². The maximum Gasteiger partial charge on any atom is 0.471 e. The predicted molar refractivity (Wildman–Crippen MR) is 179 cm³/mol. The summed E-state index contributed by atoms with van der Waals surface area (Å²) in [6.45, 7) is 5.66. The lowest BCUT2D eigenvalue weighted by atomic mass is 9.95. The van der Waals surface area contributed by atoms with Crippen molar-refractivity contribution in [2.75, 3.05) is 13.7 Å². The predicted octanol–water partition coefficient (Wildman–Crippen LogP) is 2.51. The molecule has 0 bridgehead atoms. The molecule has 0 aliphatic carbocycles. The van der Waals surface area contributed by atoms with E-state index in [9.17, 15) is 38.6 Å². The lowest BCUT2D eigenvalue weighted by molar-refractivity contribution is -0.173. The number of hydrogen-bond acceptors (Lipinski definition) is 15. The Morgan fingerprint density at radius 2 is 1.66 bits per heavy atom. The van der Waals surface area contributed by atoms with Gasteiger partial charge in [-0.3, -0.25) is 28.8 Å². The van der Waals surface area contributed by atoms with Crippen molar-refractivity contribution in [3.63, 3.8) is 0 Å². The molecule has 22 heteroatoms. The van der Waals surface area contributed by atoms with Crippen LogP contribution in [0.2, 0.25) is 0 Å². The van der Waals surface area contributed by atoms with E-state index in [0.29, 0.717) is 0 Å². The molecule has 0 spiro atoms. The highest BCUT2D eigenvalue weighted by molar-refractivity contribution is 7.52. The molecule has 3 aromatic rings. The van der Waals surface area contributed by atoms with Gasteiger partial charge in [-0.05, 0) is 31.2 Å². The van der Waals surface area contributed by atoms with Gasteiger partial charge in [0, 0.05) is 0 Å². The maximum absolute atomic E-state index is 14.3. The highest BCUT2D eigenvalue weighted by Gasteiger charge is 2.62. The molecule has 288 valence electrons. The third-order valence-electron chi connectivity index (χ3n) is 7.70. The first-order valence-corrected chi connectivity index (χ1v) is 19.1. The van der Waals surface area contributed by atoms with Crippen LogP contribution in [-0.4, -0.2) is 79.4 Å². The molecule has 0 saturated carbocycles. The fourth-order valence-corrected chi connectivity index (χ4v) is 6.81. The second-order valence-corrected chi connectivity index (χ2v) is 15.3. The lowest BCUT2D eigenvalue weighted by Crippen LogP contribution is -2.50. The average molecular weight is 783 g/mol. The number of rotatable bonds is 16. The van der Waals surface area contributed by atoms with E-state index in [1.807, 2.05) is 6.07 Å². The number of ether oxygens (including phenoxy) is 4. The minimum absolute atomic E-state index is 0.0237. The standard InChI is InChI=1S/C31H40N6O14P2/c1-18(2)28(38)48-25-24(22-12-13-23-27(33)34-16-36(37(22)23)17-47-53(42,43)44)50-31(14-32,26(25)49-29(39)19(3)4)15-46-52(41,35-20(5)30(40)45-6)51-21-10-8-7-9-11-21/h7-13,16,18-20,24-26,33H,15,17H2,1-6H3,(H,35,41)(H2,42,43,44)/t20-,24-,25-,26-,31+,52-/m0/s1. The van der Waals surface area contributed by atoms with Gasteiger partial charge < -0.3 is 33.3 Å². The van der Waals surface area contributed by atoms with Gasteiger partial charge in [0.15, 0.2) is 24.4 Å². The molecule has 6 atom stereocenters. The molecule has 1 aliphatic rings. The quantitative estimate of drug-likeness (QED) is 0.0923. The topological polar surface area (TPSA) is 272 Å². The fourth-order valence-electron chi connectivity index (χ4n) is 5.02. The Kier molecular flexibility index (Phi) is 13.0. The number of fused-ring (bicyclic) bond motifs is 1. The molecule has 0 amide bonds. The van der Waals surface area contributed by atoms with Crippen LogP contribution in [-0.2, 0) is 58.2 Å². The molecule has 4 rings (SSSR count). The molecule has 1 fully saturated rings. The number of nitriles is 1. The maximum atomic E-state index is 14.3. The third kappa shape index (κ3) is 9.76. The summed E-state index contributed by atoms with van der Waals surface area (Å²) < 4.78 is 67.1. The van der Waals surface area contributed by atoms with E-state index in [-0.39, 0.29) is 22.4 Å². The van der Waals surface area contributed by atoms with Gasteiger partial charge >= 0.3 is 33.5 Å². The first-order chi connectivity index (χ1) is 24.8. The highest BCUT2D eigenvalue weighted by atomic mass is 31.2. The van der Waals surface area contributed by atoms with Crippen LogP contribution >= 0.6 is 15.6 Å². The second-order valence-electron chi connectivity index (χ2n) is 12.4. The Morgan fingerprint density at radius 3 is 2.25 bits per heavy atom. The number of phosphoric acid groups is 1. The SMILES string of the molecule is COC(=O)[C@H](C)N[P@](=O)(OC[C@@]1(C#N)O[C@@H](c2ccc3c(=N)ncn(COP(=O)(O)O)n23)[C@H](OC(=O)C(C)C)[C@@H]1OC(=O)C(C)C)Oc1ccccc1. The van der Waals surface area contributed by atoms with Gasteiger partial charge in [-0.15, -0.1) is 0 Å². The Morgan fingerprint density at radius 1 is 1.02 bits per heavy atom. The van der Waals surface area contributed by atoms with Crippen molar-refractivity contribution >= 4 is 39.0 Å². The summed E-state index contributed by atoms with van der Waals surface area (Å²) in [4.78, 5) is 61.4. The van der Waals surface area contributed by atoms with Gasteiger partial charge in [-0.1, -0.05) is 45.9 Å². The van der Waals surface area contributed by atoms with Gasteiger partial charge in [0.1, 0.15) is 42.4 Å². The molecule has 0 radical (unpaired) electrons. The van der Waals surface area contributed by atoms with Crippen molar-refractivity contribution in [3.05, 3.63) is 60.0 Å². The molecule has 2 aromatic heterocycles. The number of aromatic nitrogens is 3. The molecular formula is C31H40N6O14P2. The van der Waals surface area contributed by atoms with E-state index in [1.165, 1.54) is 63.4 Å². The number of para-hydroxylation sites is 1. The van der Waals surface area contributed by atoms with Crippen molar-refractivity contribution in [1.29, 1.82) is 10.7 Å². The van der Waals surface area contributed by atoms with Gasteiger partial charge in [0.25, 0.3) is 0 Å². The van der Waals surface area contributed by atoms with Crippen LogP contribution in [0.1, 0.15) is 46.4 Å². The number of methoxy groups -OCH3 is 1. The fraction of sp³-hybridized carbons (Fsp3) is 0.484. The molecule has 1 aliphatic heterocycles. The summed E-state index contributed by atoms with van der Waals surface area (Å²) in [6, 6.07) is 11.2. The first kappa shape index (κ1) is 41.3. The molecule has 3 heterocycles. The molecule has 4 N–H and O–H groups in total. The Bertz CT molecular complexity index is 2010. The number of carbonyl (C=O) groups is 3. The normalized spacial score (nSPS) is 21.9. The number of benzene rings is 1. The second kappa shape index (κ2) is 16.7. The van der Waals surface area contributed by atoms with Crippen molar-refractivity contribution in [1.82, 2.24) is 19.3 Å². The minimum Gasteiger partial charge on any atom is -0.468 e. The molecule has 1 aromatic carbocycles. The van der Waals surface area contributed by atoms with Crippen molar-refractivity contribution in [2.45, 2.75) is 71.3 Å². The summed E-state index contributed by atoms with van der Waals surface area (Å²) in [7, 11) is -8.54. The van der Waals surface area contributed by atoms with Crippen molar-refractivity contribution in [3.8, 4) is 11.8 Å². The molecule has 1 saturated heterocycles.